The number of carbonyl (C=O) groups is 2. The summed E-state index contributed by atoms with van der Waals surface area (Å²) in [5, 5.41) is -0.260. The molecule has 1 fully saturated rings. The average Bonchev–Trinajstić information content (AvgIpc) is 2.92. The van der Waals surface area contributed by atoms with Gasteiger partial charge in [-0.3, -0.25) is 14.7 Å². The van der Waals surface area contributed by atoms with Crippen molar-refractivity contribution in [3.05, 3.63) is 119 Å². The van der Waals surface area contributed by atoms with E-state index in [4.69, 9.17) is 16.3 Å². The fraction of sp³-hybridized carbons (Fsp3) is 0.179. The number of rotatable bonds is 7. The van der Waals surface area contributed by atoms with Gasteiger partial charge in [0.1, 0.15) is 11.1 Å². The molecular formula is C28H23ClN2O3S. The summed E-state index contributed by atoms with van der Waals surface area (Å²) in [4.78, 5) is 32.7. The summed E-state index contributed by atoms with van der Waals surface area (Å²) in [6, 6.07) is 28.2. The molecule has 3 aromatic rings. The predicted molar refractivity (Wildman–Crippen MR) is 139 cm³/mol. The second-order valence-corrected chi connectivity index (χ2v) is 9.61. The quantitative estimate of drug-likeness (QED) is 0.192. The Morgan fingerprint density at radius 2 is 1.57 bits per heavy atom. The number of alkyl halides is 1. The lowest BCUT2D eigenvalue weighted by Crippen LogP contribution is -2.64. The summed E-state index contributed by atoms with van der Waals surface area (Å²) in [5.41, 5.74) is 3.56. The first-order valence-electron chi connectivity index (χ1n) is 11.3. The second kappa shape index (κ2) is 10.5. The average molecular weight is 503 g/mol. The molecule has 3 aromatic carbocycles. The van der Waals surface area contributed by atoms with Crippen LogP contribution >= 0.6 is 23.4 Å². The van der Waals surface area contributed by atoms with Gasteiger partial charge in [0.25, 0.3) is 5.91 Å². The molecule has 7 heteroatoms. The number of nitrogens with zero attached hydrogens (tertiary/aromatic N) is 2. The Morgan fingerprint density at radius 1 is 1.00 bits per heavy atom. The summed E-state index contributed by atoms with van der Waals surface area (Å²) in [6.07, 6.45) is 1.10. The molecule has 1 saturated heterocycles. The largest absolute Gasteiger partial charge is 0.448 e. The first kappa shape index (κ1) is 23.4. The lowest BCUT2D eigenvalue weighted by atomic mass is 10.0. The standard InChI is InChI=1S/C28H23ClN2O3S/c29-16-22-18-35-27-23(30-17-19-10-4-1-5-11-19)26(32)31(27)24(22)28(33)34-25(20-12-6-2-7-13-20)21-14-8-3-9-15-21/h1-15,17,23,25,27H,16,18H2/t23?,27-/m1/s1. The van der Waals surface area contributed by atoms with Gasteiger partial charge in [-0.05, 0) is 22.3 Å². The normalized spacial score (nSPS) is 19.6. The Bertz CT molecular complexity index is 1230. The Morgan fingerprint density at radius 3 is 2.14 bits per heavy atom. The van der Waals surface area contributed by atoms with E-state index in [0.717, 1.165) is 16.7 Å². The maximum Gasteiger partial charge on any atom is 0.356 e. The molecule has 2 atom stereocenters. The van der Waals surface area contributed by atoms with Crippen LogP contribution in [0.15, 0.2) is 107 Å². The number of β-lactam (4-membered cyclic amide) rings is 1. The van der Waals surface area contributed by atoms with Crippen LogP contribution in [0.5, 0.6) is 0 Å². The zero-order valence-electron chi connectivity index (χ0n) is 18.8. The van der Waals surface area contributed by atoms with Crippen molar-refractivity contribution in [2.45, 2.75) is 17.5 Å². The van der Waals surface area contributed by atoms with Gasteiger partial charge in [-0.15, -0.1) is 23.4 Å². The number of hydrogen-bond donors (Lipinski definition) is 0. The van der Waals surface area contributed by atoms with Crippen molar-refractivity contribution >= 4 is 41.5 Å². The van der Waals surface area contributed by atoms with Gasteiger partial charge < -0.3 is 4.74 Å². The van der Waals surface area contributed by atoms with Crippen LogP contribution in [-0.2, 0) is 14.3 Å². The Labute approximate surface area is 213 Å². The third-order valence-corrected chi connectivity index (χ3v) is 7.64. The zero-order chi connectivity index (χ0) is 24.2. The molecule has 0 aliphatic carbocycles. The molecule has 0 N–H and O–H groups in total. The lowest BCUT2D eigenvalue weighted by Gasteiger charge is -2.48. The van der Waals surface area contributed by atoms with E-state index in [1.807, 2.05) is 91.0 Å². The highest BCUT2D eigenvalue weighted by Gasteiger charge is 2.53. The first-order valence-corrected chi connectivity index (χ1v) is 12.9. The summed E-state index contributed by atoms with van der Waals surface area (Å²) in [5.74, 6) is -0.0868. The van der Waals surface area contributed by atoms with Gasteiger partial charge in [0, 0.05) is 17.8 Å². The molecule has 0 radical (unpaired) electrons. The van der Waals surface area contributed by atoms with Crippen molar-refractivity contribution in [3.63, 3.8) is 0 Å². The molecule has 35 heavy (non-hydrogen) atoms. The van der Waals surface area contributed by atoms with E-state index >= 15 is 0 Å². The van der Waals surface area contributed by atoms with Gasteiger partial charge in [-0.2, -0.15) is 0 Å². The monoisotopic (exact) mass is 502 g/mol. The number of esters is 1. The van der Waals surface area contributed by atoms with E-state index in [0.29, 0.717) is 11.3 Å². The van der Waals surface area contributed by atoms with Gasteiger partial charge in [0.15, 0.2) is 12.1 Å². The van der Waals surface area contributed by atoms with Gasteiger partial charge in [-0.1, -0.05) is 91.0 Å². The number of fused-ring (bicyclic) bond motifs is 1. The highest BCUT2D eigenvalue weighted by Crippen LogP contribution is 2.43. The van der Waals surface area contributed by atoms with E-state index in [-0.39, 0.29) is 22.9 Å². The maximum atomic E-state index is 13.6. The fourth-order valence-corrected chi connectivity index (χ4v) is 5.88. The van der Waals surface area contributed by atoms with Crippen LogP contribution in [0.3, 0.4) is 0 Å². The molecule has 1 amide bonds. The van der Waals surface area contributed by atoms with E-state index in [2.05, 4.69) is 4.99 Å². The topological polar surface area (TPSA) is 59.0 Å². The summed E-state index contributed by atoms with van der Waals surface area (Å²) in [6.45, 7) is 0. The molecule has 0 aromatic heterocycles. The molecule has 176 valence electrons. The van der Waals surface area contributed by atoms with Crippen LogP contribution in [0, 0.1) is 0 Å². The number of benzene rings is 3. The number of thioether (sulfide) groups is 1. The minimum Gasteiger partial charge on any atom is -0.448 e. The van der Waals surface area contributed by atoms with Gasteiger partial charge >= 0.3 is 5.97 Å². The molecular weight excluding hydrogens is 480 g/mol. The first-order chi connectivity index (χ1) is 17.2. The van der Waals surface area contributed by atoms with Crippen molar-refractivity contribution < 1.29 is 14.3 Å². The molecule has 5 rings (SSSR count). The zero-order valence-corrected chi connectivity index (χ0v) is 20.4. The Balaban J connectivity index is 1.40. The molecule has 2 aliphatic heterocycles. The fourth-order valence-electron chi connectivity index (χ4n) is 4.21. The van der Waals surface area contributed by atoms with Crippen molar-refractivity contribution in [2.24, 2.45) is 4.99 Å². The second-order valence-electron chi connectivity index (χ2n) is 8.24. The molecule has 0 bridgehead atoms. The van der Waals surface area contributed by atoms with Crippen LogP contribution in [0.2, 0.25) is 0 Å². The van der Waals surface area contributed by atoms with Crippen molar-refractivity contribution in [1.82, 2.24) is 4.90 Å². The third kappa shape index (κ3) is 4.77. The lowest BCUT2D eigenvalue weighted by molar-refractivity contribution is -0.153. The number of carbonyl (C=O) groups excluding carboxylic acids is 2. The van der Waals surface area contributed by atoms with Crippen LogP contribution in [0.1, 0.15) is 22.8 Å². The van der Waals surface area contributed by atoms with E-state index in [1.54, 1.807) is 18.0 Å². The Kier molecular flexibility index (Phi) is 7.02. The van der Waals surface area contributed by atoms with Crippen LogP contribution in [-0.4, -0.2) is 46.0 Å². The Hall–Kier alpha value is -3.35. The number of hydrogen-bond acceptors (Lipinski definition) is 5. The maximum absolute atomic E-state index is 13.6. The van der Waals surface area contributed by atoms with Crippen LogP contribution < -0.4 is 0 Å². The highest BCUT2D eigenvalue weighted by atomic mass is 35.5. The molecule has 5 nitrogen and oxygen atoms in total. The third-order valence-electron chi connectivity index (χ3n) is 5.99. The minimum absolute atomic E-state index is 0.146. The molecule has 0 saturated carbocycles. The minimum atomic E-state index is -0.606. The summed E-state index contributed by atoms with van der Waals surface area (Å²) in [7, 11) is 0. The molecule has 2 heterocycles. The molecule has 2 aliphatic rings. The van der Waals surface area contributed by atoms with E-state index in [9.17, 15) is 9.59 Å². The molecule has 1 unspecified atom stereocenters. The van der Waals surface area contributed by atoms with Gasteiger partial charge in [-0.25, -0.2) is 4.79 Å². The SMILES string of the molecule is O=C(OC(c1ccccc1)c1ccccc1)C1=C(CCl)CS[C@@H]2C(N=Cc3ccccc3)C(=O)N12. The summed E-state index contributed by atoms with van der Waals surface area (Å²) >= 11 is 7.77. The van der Waals surface area contributed by atoms with Crippen LogP contribution in [0.4, 0.5) is 0 Å². The highest BCUT2D eigenvalue weighted by molar-refractivity contribution is 8.00. The number of ether oxygens (including phenoxy) is 1. The molecule has 0 spiro atoms. The summed E-state index contributed by atoms with van der Waals surface area (Å²) < 4.78 is 6.06. The van der Waals surface area contributed by atoms with E-state index in [1.165, 1.54) is 4.90 Å². The number of halogens is 1. The van der Waals surface area contributed by atoms with Crippen molar-refractivity contribution in [2.75, 3.05) is 11.6 Å². The van der Waals surface area contributed by atoms with E-state index < -0.39 is 18.1 Å². The van der Waals surface area contributed by atoms with Gasteiger partial charge in [0.2, 0.25) is 0 Å². The number of aliphatic imine (C=N–C) groups is 1. The number of amides is 1. The smallest absolute Gasteiger partial charge is 0.356 e. The van der Waals surface area contributed by atoms with Crippen LogP contribution in [0.25, 0.3) is 0 Å². The van der Waals surface area contributed by atoms with Gasteiger partial charge in [0.05, 0.1) is 0 Å². The van der Waals surface area contributed by atoms with Crippen molar-refractivity contribution in [3.8, 4) is 0 Å². The van der Waals surface area contributed by atoms with Crippen molar-refractivity contribution in [1.29, 1.82) is 0 Å². The predicted octanol–water partition coefficient (Wildman–Crippen LogP) is 5.21.